The van der Waals surface area contributed by atoms with Crippen LogP contribution in [0.3, 0.4) is 0 Å². The number of hydrogen-bond donors (Lipinski definition) is 0. The third kappa shape index (κ3) is 2.56. The van der Waals surface area contributed by atoms with E-state index in [4.69, 9.17) is 0 Å². The van der Waals surface area contributed by atoms with Gasteiger partial charge in [-0.15, -0.1) is 0 Å². The van der Waals surface area contributed by atoms with Crippen LogP contribution < -0.4 is 0 Å². The van der Waals surface area contributed by atoms with E-state index < -0.39 is 21.7 Å². The lowest BCUT2D eigenvalue weighted by molar-refractivity contribution is 0.443. The highest BCUT2D eigenvalue weighted by molar-refractivity contribution is 7.89. The van der Waals surface area contributed by atoms with Gasteiger partial charge in [-0.05, 0) is 12.1 Å². The van der Waals surface area contributed by atoms with Crippen molar-refractivity contribution in [3.63, 3.8) is 0 Å². The van der Waals surface area contributed by atoms with Gasteiger partial charge in [0.15, 0.2) is 0 Å². The van der Waals surface area contributed by atoms with Gasteiger partial charge in [0.2, 0.25) is 10.0 Å². The normalized spacial score (nSPS) is 12.1. The summed E-state index contributed by atoms with van der Waals surface area (Å²) in [4.78, 5) is -0.353. The van der Waals surface area contributed by atoms with Gasteiger partial charge < -0.3 is 0 Å². The Morgan fingerprint density at radius 3 is 1.88 bits per heavy atom. The van der Waals surface area contributed by atoms with E-state index >= 15 is 0 Å². The molecule has 1 rings (SSSR count). The lowest BCUT2D eigenvalue weighted by atomic mass is 10.3. The van der Waals surface area contributed by atoms with E-state index in [9.17, 15) is 17.2 Å². The Kier molecular flexibility index (Phi) is 3.98. The quantitative estimate of drug-likeness (QED) is 0.818. The smallest absolute Gasteiger partial charge is 0.207 e. The zero-order valence-electron chi connectivity index (χ0n) is 9.07. The largest absolute Gasteiger partial charge is 0.243 e. The molecule has 0 aliphatic heterocycles. The van der Waals surface area contributed by atoms with Gasteiger partial charge in [-0.3, -0.25) is 0 Å². The Balaban J connectivity index is 3.26. The zero-order chi connectivity index (χ0) is 12.3. The highest BCUT2D eigenvalue weighted by Gasteiger charge is 2.22. The molecule has 0 saturated carbocycles. The van der Waals surface area contributed by atoms with Crippen molar-refractivity contribution >= 4 is 10.0 Å². The third-order valence-corrected chi connectivity index (χ3v) is 4.21. The minimum Gasteiger partial charge on any atom is -0.207 e. The van der Waals surface area contributed by atoms with E-state index in [0.29, 0.717) is 6.07 Å². The van der Waals surface area contributed by atoms with Crippen LogP contribution in [-0.4, -0.2) is 25.8 Å². The van der Waals surface area contributed by atoms with Crippen LogP contribution in [-0.2, 0) is 10.0 Å². The maximum atomic E-state index is 12.9. The van der Waals surface area contributed by atoms with Crippen LogP contribution in [0.25, 0.3) is 0 Å². The summed E-state index contributed by atoms with van der Waals surface area (Å²) in [6, 6.07) is 2.27. The maximum Gasteiger partial charge on any atom is 0.243 e. The Hall–Kier alpha value is -1.01. The first kappa shape index (κ1) is 13.1. The average Bonchev–Trinajstić information content (AvgIpc) is 2.17. The van der Waals surface area contributed by atoms with Gasteiger partial charge in [0, 0.05) is 19.2 Å². The molecule has 0 spiro atoms. The minimum atomic E-state index is -3.79. The summed E-state index contributed by atoms with van der Waals surface area (Å²) in [6.45, 7) is 3.85. The Bertz CT molecular complexity index is 449. The molecule has 1 aromatic carbocycles. The number of rotatable bonds is 4. The number of halogens is 2. The Labute approximate surface area is 93.7 Å². The van der Waals surface area contributed by atoms with Crippen LogP contribution >= 0.6 is 0 Å². The summed E-state index contributed by atoms with van der Waals surface area (Å²) in [5.74, 6) is -1.79. The second-order valence-electron chi connectivity index (χ2n) is 3.19. The van der Waals surface area contributed by atoms with E-state index in [-0.39, 0.29) is 18.0 Å². The van der Waals surface area contributed by atoms with Crippen molar-refractivity contribution in [1.82, 2.24) is 4.31 Å². The number of sulfonamides is 1. The molecule has 1 aromatic rings. The Morgan fingerprint density at radius 2 is 1.50 bits per heavy atom. The molecule has 0 bridgehead atoms. The summed E-state index contributed by atoms with van der Waals surface area (Å²) in [6.07, 6.45) is 0. The van der Waals surface area contributed by atoms with Crippen molar-refractivity contribution in [2.75, 3.05) is 13.1 Å². The highest BCUT2D eigenvalue weighted by Crippen LogP contribution is 2.17. The topological polar surface area (TPSA) is 37.4 Å². The van der Waals surface area contributed by atoms with Gasteiger partial charge in [-0.25, -0.2) is 17.2 Å². The SMILES string of the molecule is CCN(CC)S(=O)(=O)c1cc(F)cc(F)c1. The van der Waals surface area contributed by atoms with E-state index in [1.807, 2.05) is 0 Å². The summed E-state index contributed by atoms with van der Waals surface area (Å²) in [5, 5.41) is 0. The van der Waals surface area contributed by atoms with Crippen LogP contribution in [0.4, 0.5) is 8.78 Å². The van der Waals surface area contributed by atoms with Crippen molar-refractivity contribution in [3.05, 3.63) is 29.8 Å². The first-order chi connectivity index (χ1) is 7.41. The molecule has 16 heavy (non-hydrogen) atoms. The molecule has 90 valence electrons. The molecule has 0 saturated heterocycles. The van der Waals surface area contributed by atoms with Gasteiger partial charge in [0.1, 0.15) is 11.6 Å². The lowest BCUT2D eigenvalue weighted by Gasteiger charge is -2.18. The molecule has 3 nitrogen and oxygen atoms in total. The Morgan fingerprint density at radius 1 is 1.06 bits per heavy atom. The second kappa shape index (κ2) is 4.88. The van der Waals surface area contributed by atoms with Crippen molar-refractivity contribution in [2.24, 2.45) is 0 Å². The fourth-order valence-corrected chi connectivity index (χ4v) is 2.89. The van der Waals surface area contributed by atoms with E-state index in [1.165, 1.54) is 0 Å². The second-order valence-corrected chi connectivity index (χ2v) is 5.13. The molecule has 0 fully saturated rings. The molecule has 0 atom stereocenters. The zero-order valence-corrected chi connectivity index (χ0v) is 9.89. The van der Waals surface area contributed by atoms with Crippen molar-refractivity contribution in [1.29, 1.82) is 0 Å². The molecule has 6 heteroatoms. The highest BCUT2D eigenvalue weighted by atomic mass is 32.2. The monoisotopic (exact) mass is 249 g/mol. The van der Waals surface area contributed by atoms with Gasteiger partial charge >= 0.3 is 0 Å². The number of benzene rings is 1. The summed E-state index contributed by atoms with van der Waals surface area (Å²) >= 11 is 0. The first-order valence-corrected chi connectivity index (χ1v) is 6.32. The molecule has 0 aliphatic carbocycles. The van der Waals surface area contributed by atoms with Crippen LogP contribution in [0, 0.1) is 11.6 Å². The maximum absolute atomic E-state index is 12.9. The number of hydrogen-bond acceptors (Lipinski definition) is 2. The molecule has 0 aromatic heterocycles. The van der Waals surface area contributed by atoms with Crippen molar-refractivity contribution in [3.8, 4) is 0 Å². The van der Waals surface area contributed by atoms with Gasteiger partial charge in [-0.1, -0.05) is 13.8 Å². The fourth-order valence-electron chi connectivity index (χ4n) is 1.39. The van der Waals surface area contributed by atoms with Crippen molar-refractivity contribution in [2.45, 2.75) is 18.7 Å². The summed E-state index contributed by atoms with van der Waals surface area (Å²) in [7, 11) is -3.79. The van der Waals surface area contributed by atoms with Gasteiger partial charge in [0.05, 0.1) is 4.90 Å². The molecule has 0 unspecified atom stereocenters. The molecule has 0 heterocycles. The van der Waals surface area contributed by atoms with Crippen molar-refractivity contribution < 1.29 is 17.2 Å². The molecule has 0 aliphatic rings. The van der Waals surface area contributed by atoms with E-state index in [1.54, 1.807) is 13.8 Å². The molecule has 0 amide bonds. The summed E-state index contributed by atoms with van der Waals surface area (Å²) in [5.41, 5.74) is 0. The molecular weight excluding hydrogens is 236 g/mol. The minimum absolute atomic E-state index is 0.261. The molecular formula is C10H13F2NO2S. The first-order valence-electron chi connectivity index (χ1n) is 4.88. The fraction of sp³-hybridized carbons (Fsp3) is 0.400. The van der Waals surface area contributed by atoms with Crippen LogP contribution in [0.15, 0.2) is 23.1 Å². The molecule has 0 N–H and O–H groups in total. The summed E-state index contributed by atoms with van der Waals surface area (Å²) < 4.78 is 50.7. The lowest BCUT2D eigenvalue weighted by Crippen LogP contribution is -2.30. The van der Waals surface area contributed by atoms with E-state index in [2.05, 4.69) is 0 Å². The average molecular weight is 249 g/mol. The van der Waals surface area contributed by atoms with Gasteiger partial charge in [0.25, 0.3) is 0 Å². The third-order valence-electron chi connectivity index (χ3n) is 2.18. The standard InChI is InChI=1S/C10H13F2NO2S/c1-3-13(4-2)16(14,15)10-6-8(11)5-9(12)7-10/h5-7H,3-4H2,1-2H3. The van der Waals surface area contributed by atoms with Gasteiger partial charge in [-0.2, -0.15) is 4.31 Å². The number of nitrogens with zero attached hydrogens (tertiary/aromatic N) is 1. The van der Waals surface area contributed by atoms with Crippen LogP contribution in [0.2, 0.25) is 0 Å². The predicted molar refractivity (Wildman–Crippen MR) is 56.5 cm³/mol. The molecule has 0 radical (unpaired) electrons. The van der Waals surface area contributed by atoms with E-state index in [0.717, 1.165) is 16.4 Å². The predicted octanol–water partition coefficient (Wildman–Crippen LogP) is 2.00. The van der Waals surface area contributed by atoms with Crippen LogP contribution in [0.1, 0.15) is 13.8 Å². The van der Waals surface area contributed by atoms with Crippen LogP contribution in [0.5, 0.6) is 0 Å².